The molecule has 0 saturated carbocycles. The fourth-order valence-corrected chi connectivity index (χ4v) is 3.05. The summed E-state index contributed by atoms with van der Waals surface area (Å²) < 4.78 is 0. The molecule has 0 saturated heterocycles. The second kappa shape index (κ2) is 26.9. The van der Waals surface area contributed by atoms with E-state index in [9.17, 15) is 0 Å². The van der Waals surface area contributed by atoms with Gasteiger partial charge in [0, 0.05) is 0 Å². The number of allylic oxidation sites excluding steroid dienone is 15. The van der Waals surface area contributed by atoms with Gasteiger partial charge in [-0.15, -0.1) is 0 Å². The van der Waals surface area contributed by atoms with Gasteiger partial charge in [-0.05, 0) is 12.8 Å². The van der Waals surface area contributed by atoms with Gasteiger partial charge in [-0.1, -0.05) is 175 Å². The monoisotopic (exact) mass is 405 g/mol. The van der Waals surface area contributed by atoms with Crippen molar-refractivity contribution < 1.29 is 0 Å². The normalized spacial score (nSPS) is 13.1. The van der Waals surface area contributed by atoms with Crippen LogP contribution in [0.5, 0.6) is 0 Å². The number of hydrogen-bond acceptors (Lipinski definition) is 0. The van der Waals surface area contributed by atoms with Crippen LogP contribution in [0.2, 0.25) is 0 Å². The van der Waals surface area contributed by atoms with Gasteiger partial charge in [0.15, 0.2) is 0 Å². The van der Waals surface area contributed by atoms with Crippen molar-refractivity contribution in [2.45, 2.75) is 90.4 Å². The van der Waals surface area contributed by atoms with Crippen molar-refractivity contribution in [1.29, 1.82) is 0 Å². The molecule has 0 aliphatic rings. The van der Waals surface area contributed by atoms with E-state index >= 15 is 0 Å². The van der Waals surface area contributed by atoms with Gasteiger partial charge in [0.05, 0.1) is 0 Å². The maximum absolute atomic E-state index is 5.24. The van der Waals surface area contributed by atoms with Crippen LogP contribution in [-0.2, 0) is 0 Å². The fourth-order valence-electron chi connectivity index (χ4n) is 3.05. The molecule has 0 aromatic carbocycles. The molecule has 0 nitrogen and oxygen atoms in total. The molecular formula is C30H45. The third-order valence-corrected chi connectivity index (χ3v) is 4.80. The Bertz CT molecular complexity index is 549. The molecule has 0 aliphatic carbocycles. The first kappa shape index (κ1) is 27.9. The molecule has 0 bridgehead atoms. The average molecular weight is 406 g/mol. The summed E-state index contributed by atoms with van der Waals surface area (Å²) in [5, 5.41) is 0. The van der Waals surface area contributed by atoms with E-state index < -0.39 is 0 Å². The Morgan fingerprint density at radius 3 is 1.13 bits per heavy atom. The Kier molecular flexibility index (Phi) is 25.1. The number of hydrogen-bond donors (Lipinski definition) is 0. The molecule has 0 aromatic heterocycles. The highest BCUT2D eigenvalue weighted by Crippen LogP contribution is 2.12. The molecule has 165 valence electrons. The lowest BCUT2D eigenvalue weighted by Crippen LogP contribution is -1.82. The van der Waals surface area contributed by atoms with Crippen LogP contribution >= 0.6 is 0 Å². The first-order valence-electron chi connectivity index (χ1n) is 12.1. The second-order valence-corrected chi connectivity index (χ2v) is 7.61. The summed E-state index contributed by atoms with van der Waals surface area (Å²) in [7, 11) is 0. The van der Waals surface area contributed by atoms with E-state index in [1.54, 1.807) is 6.08 Å². The molecular weight excluding hydrogens is 360 g/mol. The summed E-state index contributed by atoms with van der Waals surface area (Å²) in [5.74, 6) is 0. The van der Waals surface area contributed by atoms with Crippen LogP contribution in [0, 0.1) is 6.58 Å². The van der Waals surface area contributed by atoms with Crippen molar-refractivity contribution in [3.63, 3.8) is 0 Å². The van der Waals surface area contributed by atoms with Crippen molar-refractivity contribution in [3.05, 3.63) is 97.7 Å². The predicted octanol–water partition coefficient (Wildman–Crippen LogP) is 9.96. The average Bonchev–Trinajstić information content (AvgIpc) is 2.76. The molecule has 0 N–H and O–H groups in total. The van der Waals surface area contributed by atoms with Crippen molar-refractivity contribution in [1.82, 2.24) is 0 Å². The van der Waals surface area contributed by atoms with Crippen molar-refractivity contribution in [2.75, 3.05) is 0 Å². The number of unbranched alkanes of at least 4 members (excludes halogenated alkanes) is 12. The van der Waals surface area contributed by atoms with Crippen LogP contribution in [0.1, 0.15) is 90.4 Å². The zero-order valence-corrected chi connectivity index (χ0v) is 19.4. The van der Waals surface area contributed by atoms with Crippen LogP contribution in [0.15, 0.2) is 91.1 Å². The Balaban J connectivity index is 3.46. The molecule has 0 atom stereocenters. The van der Waals surface area contributed by atoms with Gasteiger partial charge in [0.1, 0.15) is 0 Å². The molecule has 1 radical (unpaired) electrons. The zero-order chi connectivity index (χ0) is 21.8. The topological polar surface area (TPSA) is 0 Å². The highest BCUT2D eigenvalue weighted by Gasteiger charge is 1.92. The van der Waals surface area contributed by atoms with E-state index in [1.165, 1.54) is 89.5 Å². The molecule has 0 heterocycles. The minimum Gasteiger partial charge on any atom is -0.0845 e. The van der Waals surface area contributed by atoms with Gasteiger partial charge in [-0.3, -0.25) is 0 Å². The SMILES string of the molecule is [CH]=C/C=C/C=C/C=C/C=C/C=C/C=C/C=C/CCCCCCCCCCCCCC. The lowest BCUT2D eigenvalue weighted by molar-refractivity contribution is 0.545. The molecule has 30 heavy (non-hydrogen) atoms. The van der Waals surface area contributed by atoms with E-state index in [0.29, 0.717) is 0 Å². The standard InChI is InChI=1S/C30H45/c1-3-5-7-9-11-13-15-17-19-21-23-25-27-29-30-28-26-24-22-20-18-16-14-12-10-8-6-4-2/h1,3,5,7,9,11,13,15,17,19,21,23,25,27,29-30H,4,6,8,10,12,14,16,18,20,22,24,26,28H2,2H3/b3-1?,7-5+,11-9+,15-13+,19-17+,23-21+,27-25+,30-29+. The van der Waals surface area contributed by atoms with E-state index in [0.717, 1.165) is 0 Å². The lowest BCUT2D eigenvalue weighted by atomic mass is 10.0. The third kappa shape index (κ3) is 25.9. The third-order valence-electron chi connectivity index (χ3n) is 4.80. The molecule has 0 amide bonds. The molecule has 0 spiro atoms. The Morgan fingerprint density at radius 1 is 0.400 bits per heavy atom. The van der Waals surface area contributed by atoms with Gasteiger partial charge in [-0.25, -0.2) is 0 Å². The summed E-state index contributed by atoms with van der Waals surface area (Å²) >= 11 is 0. The minimum absolute atomic E-state index is 1.20. The van der Waals surface area contributed by atoms with Gasteiger partial charge in [-0.2, -0.15) is 0 Å². The van der Waals surface area contributed by atoms with E-state index in [2.05, 4.69) is 31.2 Å². The second-order valence-electron chi connectivity index (χ2n) is 7.61. The van der Waals surface area contributed by atoms with Gasteiger partial charge in [0.25, 0.3) is 0 Å². The first-order valence-corrected chi connectivity index (χ1v) is 12.1. The summed E-state index contributed by atoms with van der Waals surface area (Å²) in [6.07, 6.45) is 48.0. The summed E-state index contributed by atoms with van der Waals surface area (Å²) in [6, 6.07) is 0. The maximum Gasteiger partial charge on any atom is -0.0348 e. The molecule has 0 aromatic rings. The lowest BCUT2D eigenvalue weighted by Gasteiger charge is -2.02. The molecule has 0 aliphatic heterocycles. The van der Waals surface area contributed by atoms with Crippen molar-refractivity contribution in [2.24, 2.45) is 0 Å². The molecule has 0 unspecified atom stereocenters. The maximum atomic E-state index is 5.24. The largest absolute Gasteiger partial charge is 0.0845 e. The highest BCUT2D eigenvalue weighted by molar-refractivity contribution is 5.20. The minimum atomic E-state index is 1.20. The van der Waals surface area contributed by atoms with Crippen molar-refractivity contribution >= 4 is 0 Å². The van der Waals surface area contributed by atoms with Gasteiger partial charge >= 0.3 is 0 Å². The van der Waals surface area contributed by atoms with Crippen molar-refractivity contribution in [3.8, 4) is 0 Å². The molecule has 0 fully saturated rings. The van der Waals surface area contributed by atoms with E-state index in [-0.39, 0.29) is 0 Å². The summed E-state index contributed by atoms with van der Waals surface area (Å²) in [4.78, 5) is 0. The number of rotatable bonds is 20. The van der Waals surface area contributed by atoms with Crippen LogP contribution in [0.4, 0.5) is 0 Å². The first-order chi connectivity index (χ1) is 14.9. The Labute approximate surface area is 188 Å². The fraction of sp³-hybridized carbons (Fsp3) is 0.467. The van der Waals surface area contributed by atoms with Gasteiger partial charge in [0.2, 0.25) is 0 Å². The highest BCUT2D eigenvalue weighted by atomic mass is 14.0. The van der Waals surface area contributed by atoms with Crippen LogP contribution in [0.3, 0.4) is 0 Å². The van der Waals surface area contributed by atoms with E-state index in [1.807, 2.05) is 54.7 Å². The molecule has 0 heteroatoms. The summed E-state index contributed by atoms with van der Waals surface area (Å²) in [6.45, 7) is 7.52. The smallest absolute Gasteiger partial charge is 0.0348 e. The quantitative estimate of drug-likeness (QED) is 0.140. The van der Waals surface area contributed by atoms with Crippen LogP contribution in [0.25, 0.3) is 0 Å². The Morgan fingerprint density at radius 2 is 0.733 bits per heavy atom. The summed E-state index contributed by atoms with van der Waals surface area (Å²) in [5.41, 5.74) is 0. The predicted molar refractivity (Wildman–Crippen MR) is 139 cm³/mol. The Hall–Kier alpha value is -2.08. The van der Waals surface area contributed by atoms with E-state index in [4.69, 9.17) is 6.58 Å². The molecule has 0 rings (SSSR count). The zero-order valence-electron chi connectivity index (χ0n) is 19.4. The van der Waals surface area contributed by atoms with Crippen LogP contribution < -0.4 is 0 Å². The van der Waals surface area contributed by atoms with Crippen LogP contribution in [-0.4, -0.2) is 0 Å². The van der Waals surface area contributed by atoms with Gasteiger partial charge < -0.3 is 0 Å².